The highest BCUT2D eigenvalue weighted by Crippen LogP contribution is 2.30. The normalized spacial score (nSPS) is 27.5. The van der Waals surface area contributed by atoms with Crippen molar-refractivity contribution in [1.29, 1.82) is 0 Å². The Balaban J connectivity index is 1.84. The van der Waals surface area contributed by atoms with Crippen molar-refractivity contribution in [3.63, 3.8) is 0 Å². The Morgan fingerprint density at radius 2 is 0.984 bits per heavy atom. The van der Waals surface area contributed by atoms with Crippen LogP contribution in [0.5, 0.6) is 0 Å². The quantitative estimate of drug-likeness (QED) is 0.0241. The van der Waals surface area contributed by atoms with E-state index < -0.39 is 86.8 Å². The van der Waals surface area contributed by atoms with Crippen LogP contribution in [0.25, 0.3) is 0 Å². The van der Waals surface area contributed by atoms with Crippen molar-refractivity contribution in [2.75, 3.05) is 19.8 Å². The van der Waals surface area contributed by atoms with Crippen LogP contribution in [-0.2, 0) is 23.7 Å². The van der Waals surface area contributed by atoms with Gasteiger partial charge in [-0.15, -0.1) is 0 Å². The number of carbonyl (C=O) groups is 1. The Morgan fingerprint density at radius 3 is 1.46 bits per heavy atom. The van der Waals surface area contributed by atoms with Gasteiger partial charge >= 0.3 is 0 Å². The van der Waals surface area contributed by atoms with Crippen LogP contribution in [0, 0.1) is 0 Å². The van der Waals surface area contributed by atoms with Gasteiger partial charge in [0, 0.05) is 6.42 Å². The van der Waals surface area contributed by atoms with Crippen LogP contribution >= 0.6 is 0 Å². The molecule has 2 aliphatic heterocycles. The lowest BCUT2D eigenvalue weighted by Crippen LogP contribution is -2.65. The maximum absolute atomic E-state index is 13.2. The molecule has 0 aromatic heterocycles. The van der Waals surface area contributed by atoms with Crippen molar-refractivity contribution in [2.24, 2.45) is 0 Å². The molecule has 0 aromatic carbocycles. The zero-order chi connectivity index (χ0) is 46.1. The molecule has 14 nitrogen and oxygen atoms in total. The number of carbonyl (C=O) groups excluding carboxylic acids is 1. The van der Waals surface area contributed by atoms with Gasteiger partial charge < -0.3 is 65.1 Å². The summed E-state index contributed by atoms with van der Waals surface area (Å²) in [5.41, 5.74) is 0. The molecular formula is C49H93NO13. The number of rotatable bonds is 39. The summed E-state index contributed by atoms with van der Waals surface area (Å²) < 4.78 is 22.7. The van der Waals surface area contributed by atoms with Crippen molar-refractivity contribution < 1.29 is 64.6 Å². The van der Waals surface area contributed by atoms with E-state index in [0.29, 0.717) is 6.42 Å². The fourth-order valence-electron chi connectivity index (χ4n) is 8.53. The minimum absolute atomic E-state index is 0.238. The van der Waals surface area contributed by atoms with Gasteiger partial charge in [0.2, 0.25) is 5.91 Å². The molecule has 1 amide bonds. The summed E-state index contributed by atoms with van der Waals surface area (Å²) in [7, 11) is 0. The topological polar surface area (TPSA) is 228 Å². The van der Waals surface area contributed by atoms with Gasteiger partial charge in [-0.25, -0.2) is 0 Å². The summed E-state index contributed by atoms with van der Waals surface area (Å²) in [4.78, 5) is 13.2. The van der Waals surface area contributed by atoms with Crippen LogP contribution in [0.15, 0.2) is 12.2 Å². The molecule has 0 aromatic rings. The van der Waals surface area contributed by atoms with E-state index in [1.807, 2.05) is 6.08 Å². The van der Waals surface area contributed by atoms with Crippen molar-refractivity contribution in [1.82, 2.24) is 5.32 Å². The van der Waals surface area contributed by atoms with Crippen LogP contribution in [0.3, 0.4) is 0 Å². The summed E-state index contributed by atoms with van der Waals surface area (Å²) in [5.74, 6) is -0.238. The Hall–Kier alpha value is -1.27. The highest BCUT2D eigenvalue weighted by atomic mass is 16.7. The van der Waals surface area contributed by atoms with E-state index in [0.717, 1.165) is 38.5 Å². The van der Waals surface area contributed by atoms with Crippen LogP contribution in [-0.4, -0.2) is 140 Å². The van der Waals surface area contributed by atoms with Gasteiger partial charge in [-0.1, -0.05) is 187 Å². The number of nitrogens with one attached hydrogen (secondary N) is 1. The third-order valence-electron chi connectivity index (χ3n) is 12.7. The lowest BCUT2D eigenvalue weighted by molar-refractivity contribution is -0.359. The second-order valence-electron chi connectivity index (χ2n) is 18.3. The van der Waals surface area contributed by atoms with E-state index in [9.17, 15) is 45.6 Å². The number of aliphatic hydroxyl groups excluding tert-OH is 8. The van der Waals surface area contributed by atoms with E-state index in [1.165, 1.54) is 135 Å². The van der Waals surface area contributed by atoms with Gasteiger partial charge in [0.05, 0.1) is 32.0 Å². The molecule has 0 saturated carbocycles. The van der Waals surface area contributed by atoms with E-state index in [4.69, 9.17) is 18.9 Å². The highest BCUT2D eigenvalue weighted by molar-refractivity contribution is 5.76. The molecule has 0 spiro atoms. The molecule has 12 atom stereocenters. The largest absolute Gasteiger partial charge is 0.394 e. The van der Waals surface area contributed by atoms with Crippen molar-refractivity contribution in [3.8, 4) is 0 Å². The summed E-state index contributed by atoms with van der Waals surface area (Å²) >= 11 is 0. The van der Waals surface area contributed by atoms with Crippen molar-refractivity contribution >= 4 is 5.91 Å². The zero-order valence-electron chi connectivity index (χ0n) is 39.3. The Labute approximate surface area is 380 Å². The molecule has 2 rings (SSSR count). The van der Waals surface area contributed by atoms with E-state index in [1.54, 1.807) is 6.08 Å². The minimum atomic E-state index is -1.78. The SMILES string of the molecule is CCCCCCCCCCCC/C=C/C(O)C(COC1OC(CO)C(OC2OC(CO)C(O)C(O)C2O)C(O)C1O)NC(=O)CCCCCCCCCCCCCCCCCCC. The molecule has 12 unspecified atom stereocenters. The van der Waals surface area contributed by atoms with Crippen LogP contribution in [0.2, 0.25) is 0 Å². The summed E-state index contributed by atoms with van der Waals surface area (Å²) in [5, 5.41) is 86.6. The maximum Gasteiger partial charge on any atom is 0.220 e. The second kappa shape index (κ2) is 36.8. The van der Waals surface area contributed by atoms with Gasteiger partial charge in [0.1, 0.15) is 48.8 Å². The molecule has 2 heterocycles. The molecule has 372 valence electrons. The van der Waals surface area contributed by atoms with Crippen LogP contribution in [0.1, 0.15) is 200 Å². The molecule has 2 aliphatic rings. The first kappa shape index (κ1) is 57.9. The first-order chi connectivity index (χ1) is 30.6. The molecule has 9 N–H and O–H groups in total. The Bertz CT molecular complexity index is 1120. The summed E-state index contributed by atoms with van der Waals surface area (Å²) in [6.07, 6.45) is 21.1. The summed E-state index contributed by atoms with van der Waals surface area (Å²) in [6, 6.07) is -0.907. The standard InChI is InChI=1S/C49H93NO13/c1-3-5-7-9-11-13-15-17-18-19-20-21-23-25-27-29-31-33-41(54)50-37(38(53)32-30-28-26-24-22-16-14-12-10-8-6-4-2)36-60-48-46(59)44(57)47(40(35-52)62-48)63-49-45(58)43(56)42(55)39(34-51)61-49/h30,32,37-40,42-49,51-53,55-59H,3-29,31,33-36H2,1-2H3,(H,50,54)/b32-30+. The Kier molecular flexibility index (Phi) is 33.8. The molecule has 0 bridgehead atoms. The minimum Gasteiger partial charge on any atom is -0.394 e. The summed E-state index contributed by atoms with van der Waals surface area (Å²) in [6.45, 7) is 2.78. The van der Waals surface area contributed by atoms with Crippen LogP contribution < -0.4 is 5.32 Å². The van der Waals surface area contributed by atoms with Gasteiger partial charge in [-0.05, 0) is 19.3 Å². The highest BCUT2D eigenvalue weighted by Gasteiger charge is 2.51. The molecule has 2 fully saturated rings. The maximum atomic E-state index is 13.2. The predicted molar refractivity (Wildman–Crippen MR) is 245 cm³/mol. The molecule has 0 aliphatic carbocycles. The number of aliphatic hydroxyl groups is 8. The monoisotopic (exact) mass is 904 g/mol. The third kappa shape index (κ3) is 24.4. The first-order valence-electron chi connectivity index (χ1n) is 25.4. The second-order valence-corrected chi connectivity index (χ2v) is 18.3. The van der Waals surface area contributed by atoms with Crippen LogP contribution in [0.4, 0.5) is 0 Å². The van der Waals surface area contributed by atoms with Crippen molar-refractivity contribution in [3.05, 3.63) is 12.2 Å². The number of amides is 1. The zero-order valence-corrected chi connectivity index (χ0v) is 39.3. The smallest absolute Gasteiger partial charge is 0.220 e. The number of hydrogen-bond acceptors (Lipinski definition) is 13. The number of hydrogen-bond donors (Lipinski definition) is 9. The lowest BCUT2D eigenvalue weighted by atomic mass is 9.97. The average Bonchev–Trinajstić information content (AvgIpc) is 3.28. The van der Waals surface area contributed by atoms with Gasteiger partial charge in [0.15, 0.2) is 12.6 Å². The van der Waals surface area contributed by atoms with Gasteiger partial charge in [-0.3, -0.25) is 4.79 Å². The van der Waals surface area contributed by atoms with Gasteiger partial charge in [0.25, 0.3) is 0 Å². The molecular weight excluding hydrogens is 811 g/mol. The van der Waals surface area contributed by atoms with Crippen molar-refractivity contribution in [2.45, 2.75) is 274 Å². The van der Waals surface area contributed by atoms with E-state index >= 15 is 0 Å². The molecule has 63 heavy (non-hydrogen) atoms. The molecule has 14 heteroatoms. The fourth-order valence-corrected chi connectivity index (χ4v) is 8.53. The number of allylic oxidation sites excluding steroid dienone is 1. The molecule has 2 saturated heterocycles. The predicted octanol–water partition coefficient (Wildman–Crippen LogP) is 6.38. The lowest BCUT2D eigenvalue weighted by Gasteiger charge is -2.46. The Morgan fingerprint density at radius 1 is 0.556 bits per heavy atom. The number of unbranched alkanes of at least 4 members (excludes halogenated alkanes) is 26. The van der Waals surface area contributed by atoms with Gasteiger partial charge in [-0.2, -0.15) is 0 Å². The number of ether oxygens (including phenoxy) is 4. The average molecular weight is 904 g/mol. The first-order valence-corrected chi connectivity index (χ1v) is 25.4. The van der Waals surface area contributed by atoms with E-state index in [-0.39, 0.29) is 18.9 Å². The fraction of sp³-hybridized carbons (Fsp3) is 0.939. The molecule has 0 radical (unpaired) electrons. The van der Waals surface area contributed by atoms with E-state index in [2.05, 4.69) is 19.2 Å². The third-order valence-corrected chi connectivity index (χ3v) is 12.7.